The maximum atomic E-state index is 14.3. The van der Waals surface area contributed by atoms with Gasteiger partial charge in [-0.3, -0.25) is 4.79 Å². The summed E-state index contributed by atoms with van der Waals surface area (Å²) in [6, 6.07) is 8.49. The summed E-state index contributed by atoms with van der Waals surface area (Å²) in [5, 5.41) is 20.6. The van der Waals surface area contributed by atoms with Gasteiger partial charge in [0.2, 0.25) is 0 Å². The van der Waals surface area contributed by atoms with E-state index in [9.17, 15) is 23.8 Å². The largest absolute Gasteiger partial charge is 0.487 e. The molecule has 32 heavy (non-hydrogen) atoms. The summed E-state index contributed by atoms with van der Waals surface area (Å²) in [5.41, 5.74) is 0. The second-order valence-electron chi connectivity index (χ2n) is 8.51. The Balaban J connectivity index is 1.75. The van der Waals surface area contributed by atoms with Crippen LogP contribution in [-0.4, -0.2) is 47.5 Å². The summed E-state index contributed by atoms with van der Waals surface area (Å²) in [6.45, 7) is 1.67. The molecule has 0 bridgehead atoms. The number of halogens is 2. The molecule has 0 spiro atoms. The molecule has 4 atom stereocenters. The average Bonchev–Trinajstić information content (AvgIpc) is 3.04. The topological polar surface area (TPSA) is 76.0 Å². The van der Waals surface area contributed by atoms with E-state index < -0.39 is 31.2 Å². The summed E-state index contributed by atoms with van der Waals surface area (Å²) < 4.78 is 38.9. The van der Waals surface area contributed by atoms with Crippen molar-refractivity contribution >= 4 is 5.97 Å². The number of carbonyl (C=O) groups is 1. The Morgan fingerprint density at radius 2 is 1.88 bits per heavy atom. The lowest BCUT2D eigenvalue weighted by Gasteiger charge is -2.25. The second-order valence-corrected chi connectivity index (χ2v) is 8.51. The molecule has 7 heteroatoms. The minimum atomic E-state index is -3.02. The molecular weight excluding hydrogens is 418 g/mol. The van der Waals surface area contributed by atoms with E-state index in [4.69, 9.17) is 9.47 Å². The fourth-order valence-corrected chi connectivity index (χ4v) is 4.09. The number of aliphatic hydroxyl groups excluding tert-OH is 2. The van der Waals surface area contributed by atoms with Gasteiger partial charge in [0, 0.05) is 12.8 Å². The van der Waals surface area contributed by atoms with Crippen LogP contribution in [0.5, 0.6) is 5.75 Å². The quantitative estimate of drug-likeness (QED) is 0.237. The van der Waals surface area contributed by atoms with Crippen LogP contribution in [0.4, 0.5) is 8.78 Å². The van der Waals surface area contributed by atoms with Gasteiger partial charge in [0.15, 0.2) is 6.61 Å². The normalized spacial score (nSPS) is 23.5. The van der Waals surface area contributed by atoms with Gasteiger partial charge in [-0.15, -0.1) is 0 Å². The highest BCUT2D eigenvalue weighted by atomic mass is 19.3. The van der Waals surface area contributed by atoms with E-state index in [1.165, 1.54) is 0 Å². The van der Waals surface area contributed by atoms with Gasteiger partial charge in [-0.2, -0.15) is 0 Å². The zero-order chi connectivity index (χ0) is 23.4. The minimum Gasteiger partial charge on any atom is -0.487 e. The van der Waals surface area contributed by atoms with Gasteiger partial charge in [-0.1, -0.05) is 37.3 Å². The first-order chi connectivity index (χ1) is 15.3. The van der Waals surface area contributed by atoms with Crippen LogP contribution < -0.4 is 4.74 Å². The number of benzene rings is 1. The van der Waals surface area contributed by atoms with Gasteiger partial charge in [-0.05, 0) is 62.5 Å². The Hall–Kier alpha value is -1.99. The molecule has 0 radical (unpaired) electrons. The van der Waals surface area contributed by atoms with Crippen molar-refractivity contribution in [1.82, 2.24) is 0 Å². The van der Waals surface area contributed by atoms with E-state index in [1.807, 2.05) is 19.1 Å². The van der Waals surface area contributed by atoms with Gasteiger partial charge in [0.1, 0.15) is 5.75 Å². The lowest BCUT2D eigenvalue weighted by atomic mass is 9.86. The van der Waals surface area contributed by atoms with Crippen LogP contribution >= 0.6 is 0 Å². The van der Waals surface area contributed by atoms with Crippen LogP contribution in [0, 0.1) is 11.8 Å². The first-order valence-corrected chi connectivity index (χ1v) is 11.5. The molecule has 0 unspecified atom stereocenters. The number of para-hydroxylation sites is 1. The van der Waals surface area contributed by atoms with E-state index in [1.54, 1.807) is 30.3 Å². The molecular formula is C25H36F2O5. The molecule has 0 amide bonds. The Bertz CT molecular complexity index is 695. The molecule has 1 aliphatic rings. The van der Waals surface area contributed by atoms with Crippen molar-refractivity contribution < 1.29 is 33.3 Å². The van der Waals surface area contributed by atoms with Gasteiger partial charge < -0.3 is 19.7 Å². The van der Waals surface area contributed by atoms with Crippen LogP contribution in [0.3, 0.4) is 0 Å². The lowest BCUT2D eigenvalue weighted by Crippen LogP contribution is -2.29. The fourth-order valence-electron chi connectivity index (χ4n) is 4.09. The molecule has 2 rings (SSSR count). The molecule has 0 aliphatic heterocycles. The molecule has 1 aromatic rings. The predicted molar refractivity (Wildman–Crippen MR) is 119 cm³/mol. The van der Waals surface area contributed by atoms with Crippen LogP contribution in [0.1, 0.15) is 58.3 Å². The number of carbonyl (C=O) groups excluding carboxylic acids is 1. The van der Waals surface area contributed by atoms with Crippen molar-refractivity contribution in [3.05, 3.63) is 42.5 Å². The van der Waals surface area contributed by atoms with Gasteiger partial charge >= 0.3 is 5.97 Å². The zero-order valence-corrected chi connectivity index (χ0v) is 18.8. The number of rotatable bonds is 14. The number of alkyl halides is 2. The summed E-state index contributed by atoms with van der Waals surface area (Å²) in [5.74, 6) is -3.48. The number of allylic oxidation sites excluding steroid dienone is 2. The number of hydrogen-bond acceptors (Lipinski definition) is 5. The highest BCUT2D eigenvalue weighted by Gasteiger charge is 2.42. The van der Waals surface area contributed by atoms with Gasteiger partial charge in [0.25, 0.3) is 5.92 Å². The van der Waals surface area contributed by atoms with Crippen LogP contribution in [0.15, 0.2) is 42.5 Å². The smallest absolute Gasteiger partial charge is 0.305 e. The molecule has 5 nitrogen and oxygen atoms in total. The van der Waals surface area contributed by atoms with E-state index in [0.29, 0.717) is 38.0 Å². The summed E-state index contributed by atoms with van der Waals surface area (Å²) in [4.78, 5) is 11.5. The van der Waals surface area contributed by atoms with E-state index in [2.05, 4.69) is 0 Å². The molecule has 1 aliphatic carbocycles. The van der Waals surface area contributed by atoms with Crippen molar-refractivity contribution in [1.29, 1.82) is 0 Å². The molecule has 1 fully saturated rings. The first kappa shape index (κ1) is 26.3. The first-order valence-electron chi connectivity index (χ1n) is 11.5. The molecule has 2 N–H and O–H groups in total. The molecule has 1 aromatic carbocycles. The van der Waals surface area contributed by atoms with Gasteiger partial charge in [-0.25, -0.2) is 8.78 Å². The fraction of sp³-hybridized carbons (Fsp3) is 0.640. The average molecular weight is 455 g/mol. The third-order valence-electron chi connectivity index (χ3n) is 5.85. The summed E-state index contributed by atoms with van der Waals surface area (Å²) in [7, 11) is 0. The summed E-state index contributed by atoms with van der Waals surface area (Å²) >= 11 is 0. The van der Waals surface area contributed by atoms with E-state index >= 15 is 0 Å². The molecule has 0 aromatic heterocycles. The van der Waals surface area contributed by atoms with E-state index in [0.717, 1.165) is 6.42 Å². The Labute approximate surface area is 189 Å². The van der Waals surface area contributed by atoms with E-state index in [-0.39, 0.29) is 30.6 Å². The van der Waals surface area contributed by atoms with Crippen LogP contribution in [-0.2, 0) is 9.53 Å². The van der Waals surface area contributed by atoms with Crippen molar-refractivity contribution in [2.45, 2.75) is 76.4 Å². The molecule has 1 saturated carbocycles. The molecule has 180 valence electrons. The molecule has 0 saturated heterocycles. The maximum Gasteiger partial charge on any atom is 0.305 e. The third kappa shape index (κ3) is 9.25. The Morgan fingerprint density at radius 3 is 2.59 bits per heavy atom. The standard InChI is InChI=1S/C25H36F2O5/c1-2-16-31-24(30)13-9-4-3-8-12-20-21(23(29)17-22(20)28)14-15-25(26,27)18-32-19-10-6-5-7-11-19/h3,5-8,10-11,20-23,28-29H,2,4,9,12-18H2,1H3/b8-3-/t20-,21-,22+,23-/m1/s1. The zero-order valence-electron chi connectivity index (χ0n) is 18.8. The Morgan fingerprint density at radius 1 is 1.16 bits per heavy atom. The maximum absolute atomic E-state index is 14.3. The number of unbranched alkanes of at least 4 members (excludes halogenated alkanes) is 1. The highest BCUT2D eigenvalue weighted by molar-refractivity contribution is 5.69. The van der Waals surface area contributed by atoms with Crippen LogP contribution in [0.2, 0.25) is 0 Å². The van der Waals surface area contributed by atoms with Crippen molar-refractivity contribution in [3.8, 4) is 5.75 Å². The summed E-state index contributed by atoms with van der Waals surface area (Å²) in [6.07, 6.45) is 5.30. The Kier molecular flexibility index (Phi) is 11.1. The SMILES string of the molecule is CCCOC(=O)CCC/C=C\C[C@@H]1[C@@H](CCC(F)(F)COc2ccccc2)[C@H](O)C[C@@H]1O. The predicted octanol–water partition coefficient (Wildman–Crippen LogP) is 4.91. The third-order valence-corrected chi connectivity index (χ3v) is 5.85. The van der Waals surface area contributed by atoms with Gasteiger partial charge in [0.05, 0.1) is 18.8 Å². The number of hydrogen-bond donors (Lipinski definition) is 2. The number of ether oxygens (including phenoxy) is 2. The van der Waals surface area contributed by atoms with Crippen molar-refractivity contribution in [2.75, 3.05) is 13.2 Å². The number of esters is 1. The lowest BCUT2D eigenvalue weighted by molar-refractivity contribution is -0.143. The second kappa shape index (κ2) is 13.5. The highest BCUT2D eigenvalue weighted by Crippen LogP contribution is 2.40. The molecule has 0 heterocycles. The number of aliphatic hydroxyl groups is 2. The monoisotopic (exact) mass is 454 g/mol. The van der Waals surface area contributed by atoms with Crippen molar-refractivity contribution in [2.24, 2.45) is 11.8 Å². The van der Waals surface area contributed by atoms with Crippen molar-refractivity contribution in [3.63, 3.8) is 0 Å². The minimum absolute atomic E-state index is 0.116. The van der Waals surface area contributed by atoms with Crippen LogP contribution in [0.25, 0.3) is 0 Å².